The van der Waals surface area contributed by atoms with Crippen LogP contribution in [0.1, 0.15) is 100 Å². The molecule has 0 aromatic heterocycles. The smallest absolute Gasteiger partial charge is 0.192 e. The van der Waals surface area contributed by atoms with E-state index in [-0.39, 0.29) is 22.3 Å². The summed E-state index contributed by atoms with van der Waals surface area (Å²) in [6.07, 6.45) is 13.2. The highest BCUT2D eigenvalue weighted by molar-refractivity contribution is 6.74. The first kappa shape index (κ1) is 33.0. The zero-order valence-electron chi connectivity index (χ0n) is 27.7. The monoisotopic (exact) mass is 574 g/mol. The molecule has 0 amide bonds. The minimum atomic E-state index is -1.96. The van der Waals surface area contributed by atoms with E-state index in [2.05, 4.69) is 100 Å². The maximum absolute atomic E-state index is 9.93. The van der Waals surface area contributed by atoms with Crippen LogP contribution in [0.15, 0.2) is 35.5 Å². The Morgan fingerprint density at radius 3 is 2.15 bits per heavy atom. The third kappa shape index (κ3) is 6.96. The third-order valence-electron chi connectivity index (χ3n) is 11.7. The van der Waals surface area contributed by atoms with Crippen molar-refractivity contribution < 1.29 is 14.0 Å². The van der Waals surface area contributed by atoms with Crippen molar-refractivity contribution >= 4 is 16.6 Å². The first-order valence-electron chi connectivity index (χ1n) is 15.8. The summed E-state index contributed by atoms with van der Waals surface area (Å²) in [7, 11) is -3.87. The Labute approximate surface area is 244 Å². The molecule has 5 heteroatoms. The van der Waals surface area contributed by atoms with Gasteiger partial charge in [-0.15, -0.1) is 0 Å². The highest BCUT2D eigenvalue weighted by Crippen LogP contribution is 2.59. The minimum absolute atomic E-state index is 0.0250. The molecule has 0 bridgehead atoms. The van der Waals surface area contributed by atoms with Crippen molar-refractivity contribution in [1.29, 1.82) is 0 Å². The fourth-order valence-electron chi connectivity index (χ4n) is 7.11. The third-order valence-corrected chi connectivity index (χ3v) is 20.8. The Kier molecular flexibility index (Phi) is 9.88. The molecule has 0 unspecified atom stereocenters. The standard InChI is InChI=1S/C34H62O3Si2/c1-24(23-35)29-18-19-30-26(15-14-20-34(29,30)9)16-17-27-21-28(36-38(10,11)32(3,4)5)22-31(25(27)2)37-39(12,13)33(6,7)8/h16-17,24,28-31,35H,2,14-15,18-23H2,1,3-13H3/b26-16-,27-17-/t24-,28+,29+,30-,31-,34+/m0/s1. The molecule has 3 nitrogen and oxygen atoms in total. The average molecular weight is 575 g/mol. The maximum atomic E-state index is 9.93. The van der Waals surface area contributed by atoms with Crippen LogP contribution >= 0.6 is 0 Å². The Hall–Kier alpha value is -0.466. The van der Waals surface area contributed by atoms with Crippen LogP contribution in [0.2, 0.25) is 36.3 Å². The van der Waals surface area contributed by atoms with Crippen molar-refractivity contribution in [1.82, 2.24) is 0 Å². The minimum Gasteiger partial charge on any atom is -0.413 e. The van der Waals surface area contributed by atoms with E-state index >= 15 is 0 Å². The number of aliphatic hydroxyl groups is 1. The van der Waals surface area contributed by atoms with Crippen LogP contribution in [0.25, 0.3) is 0 Å². The first-order chi connectivity index (χ1) is 17.7. The topological polar surface area (TPSA) is 38.7 Å². The molecule has 0 aromatic rings. The summed E-state index contributed by atoms with van der Waals surface area (Å²) in [5.74, 6) is 1.65. The Bertz CT molecular complexity index is 948. The van der Waals surface area contributed by atoms with Gasteiger partial charge in [0.25, 0.3) is 0 Å². The second kappa shape index (κ2) is 11.7. The lowest BCUT2D eigenvalue weighted by atomic mass is 9.61. The fraction of sp³-hybridized carbons (Fsp3) is 0.824. The van der Waals surface area contributed by atoms with Gasteiger partial charge in [-0.2, -0.15) is 0 Å². The highest BCUT2D eigenvalue weighted by atomic mass is 28.4. The van der Waals surface area contributed by atoms with Crippen molar-refractivity contribution in [3.05, 3.63) is 35.5 Å². The van der Waals surface area contributed by atoms with Crippen molar-refractivity contribution in [3.8, 4) is 0 Å². The lowest BCUT2D eigenvalue weighted by Crippen LogP contribution is -2.49. The highest BCUT2D eigenvalue weighted by Gasteiger charge is 2.50. The number of allylic oxidation sites excluding steroid dienone is 3. The Morgan fingerprint density at radius 2 is 1.59 bits per heavy atom. The lowest BCUT2D eigenvalue weighted by molar-refractivity contribution is 0.0690. The number of hydrogen-bond donors (Lipinski definition) is 1. The van der Waals surface area contributed by atoms with Gasteiger partial charge in [-0.1, -0.05) is 79.7 Å². The molecule has 0 aromatic carbocycles. The van der Waals surface area contributed by atoms with E-state index in [1.54, 1.807) is 5.57 Å². The van der Waals surface area contributed by atoms with E-state index in [1.165, 1.54) is 43.3 Å². The molecule has 0 radical (unpaired) electrons. The molecule has 3 fully saturated rings. The predicted molar refractivity (Wildman–Crippen MR) is 173 cm³/mol. The van der Waals surface area contributed by atoms with E-state index in [9.17, 15) is 5.11 Å². The number of hydrogen-bond acceptors (Lipinski definition) is 3. The van der Waals surface area contributed by atoms with Crippen molar-refractivity contribution in [3.63, 3.8) is 0 Å². The van der Waals surface area contributed by atoms with Crippen LogP contribution in [0, 0.1) is 23.2 Å². The van der Waals surface area contributed by atoms with Gasteiger partial charge in [-0.25, -0.2) is 0 Å². The molecule has 39 heavy (non-hydrogen) atoms. The van der Waals surface area contributed by atoms with Gasteiger partial charge in [0.2, 0.25) is 0 Å². The second-order valence-corrected chi connectivity index (χ2v) is 26.0. The molecule has 0 heterocycles. The maximum Gasteiger partial charge on any atom is 0.192 e. The summed E-state index contributed by atoms with van der Waals surface area (Å²) in [6, 6.07) is 0. The van der Waals surface area contributed by atoms with Gasteiger partial charge >= 0.3 is 0 Å². The second-order valence-electron chi connectivity index (χ2n) is 16.5. The van der Waals surface area contributed by atoms with Gasteiger partial charge in [0.05, 0.1) is 12.2 Å². The lowest BCUT2D eigenvalue weighted by Gasteiger charge is -2.45. The largest absolute Gasteiger partial charge is 0.413 e. The molecule has 224 valence electrons. The first-order valence-corrected chi connectivity index (χ1v) is 21.6. The van der Waals surface area contributed by atoms with Crippen molar-refractivity contribution in [2.45, 2.75) is 149 Å². The molecule has 3 rings (SSSR count). The van der Waals surface area contributed by atoms with E-state index in [4.69, 9.17) is 8.85 Å². The number of aliphatic hydroxyl groups excluding tert-OH is 1. The summed E-state index contributed by atoms with van der Waals surface area (Å²) in [6.45, 7) is 33.1. The summed E-state index contributed by atoms with van der Waals surface area (Å²) in [4.78, 5) is 0. The van der Waals surface area contributed by atoms with Gasteiger partial charge in [-0.3, -0.25) is 0 Å². The zero-order valence-corrected chi connectivity index (χ0v) is 29.7. The SMILES string of the molecule is C=C1/C(=C\C=C2\CCC[C@]3(C)[C@@H]([C@@H](C)CO)CC[C@@H]23)C[C@@H](O[Si](C)(C)C(C)(C)C)C[C@@H]1O[Si](C)(C)C(C)(C)C. The van der Waals surface area contributed by atoms with Crippen LogP contribution in [0.3, 0.4) is 0 Å². The molecular weight excluding hydrogens is 513 g/mol. The van der Waals surface area contributed by atoms with Gasteiger partial charge in [-0.05, 0) is 109 Å². The summed E-state index contributed by atoms with van der Waals surface area (Å²) in [5, 5.41) is 10.3. The number of rotatable bonds is 7. The van der Waals surface area contributed by atoms with Crippen LogP contribution < -0.4 is 0 Å². The van der Waals surface area contributed by atoms with Gasteiger partial charge < -0.3 is 14.0 Å². The molecule has 3 aliphatic rings. The van der Waals surface area contributed by atoms with Crippen molar-refractivity contribution in [2.24, 2.45) is 23.2 Å². The Balaban J connectivity index is 1.93. The van der Waals surface area contributed by atoms with E-state index < -0.39 is 16.6 Å². The zero-order chi connectivity index (χ0) is 29.6. The normalized spacial score (nSPS) is 34.0. The quantitative estimate of drug-likeness (QED) is 0.308. The van der Waals surface area contributed by atoms with Crippen LogP contribution in [0.4, 0.5) is 0 Å². The van der Waals surface area contributed by atoms with E-state index in [0.29, 0.717) is 29.8 Å². The summed E-state index contributed by atoms with van der Waals surface area (Å²) >= 11 is 0. The molecule has 3 saturated carbocycles. The average Bonchev–Trinajstić information content (AvgIpc) is 3.15. The van der Waals surface area contributed by atoms with Gasteiger partial charge in [0.1, 0.15) is 0 Å². The summed E-state index contributed by atoms with van der Waals surface area (Å²) < 4.78 is 14.1. The molecule has 1 N–H and O–H groups in total. The van der Waals surface area contributed by atoms with Crippen molar-refractivity contribution in [2.75, 3.05) is 6.61 Å². The van der Waals surface area contributed by atoms with E-state index in [0.717, 1.165) is 12.8 Å². The molecule has 0 aliphatic heterocycles. The molecule has 6 atom stereocenters. The Morgan fingerprint density at radius 1 is 1.00 bits per heavy atom. The van der Waals surface area contributed by atoms with Gasteiger partial charge in [0, 0.05) is 13.0 Å². The molecular formula is C34H62O3Si2. The summed E-state index contributed by atoms with van der Waals surface area (Å²) in [5.41, 5.74) is 4.43. The van der Waals surface area contributed by atoms with Crippen LogP contribution in [0.5, 0.6) is 0 Å². The number of fused-ring (bicyclic) bond motifs is 1. The van der Waals surface area contributed by atoms with E-state index in [1.807, 2.05) is 0 Å². The molecule has 3 aliphatic carbocycles. The van der Waals surface area contributed by atoms with Crippen LogP contribution in [-0.4, -0.2) is 40.6 Å². The molecule has 0 spiro atoms. The predicted octanol–water partition coefficient (Wildman–Crippen LogP) is 9.81. The van der Waals surface area contributed by atoms with Crippen LogP contribution in [-0.2, 0) is 8.85 Å². The fourth-order valence-corrected chi connectivity index (χ4v) is 9.78. The molecule has 0 saturated heterocycles. The van der Waals surface area contributed by atoms with Gasteiger partial charge in [0.15, 0.2) is 16.6 Å².